The highest BCUT2D eigenvalue weighted by molar-refractivity contribution is 7.20. The summed E-state index contributed by atoms with van der Waals surface area (Å²) in [6.07, 6.45) is 0. The number of carbonyl (C=O) groups is 1. The fourth-order valence-electron chi connectivity index (χ4n) is 3.72. The van der Waals surface area contributed by atoms with Gasteiger partial charge in [-0.25, -0.2) is 4.98 Å². The van der Waals surface area contributed by atoms with E-state index in [0.29, 0.717) is 6.54 Å². The van der Waals surface area contributed by atoms with E-state index in [9.17, 15) is 4.79 Å². The van der Waals surface area contributed by atoms with Crippen molar-refractivity contribution < 1.29 is 4.79 Å². The summed E-state index contributed by atoms with van der Waals surface area (Å²) in [6.45, 7) is 9.11. The van der Waals surface area contributed by atoms with Crippen molar-refractivity contribution in [3.8, 4) is 11.3 Å². The lowest BCUT2D eigenvalue weighted by Crippen LogP contribution is -2.34. The van der Waals surface area contributed by atoms with Gasteiger partial charge in [0.25, 0.3) is 0 Å². The maximum atomic E-state index is 12.6. The molecule has 0 unspecified atom stereocenters. The molecule has 0 saturated heterocycles. The number of aryl methyl sites for hydroxylation is 1. The Morgan fingerprint density at radius 2 is 1.69 bits per heavy atom. The molecule has 4 aromatic rings. The lowest BCUT2D eigenvalue weighted by atomic mass is 10.1. The SMILES string of the molecule is Cc1ccc(-c2nc3sc(N(C)CC(=O)NCc4ccc(N(C)C)cc4)nn3c2NC(C)(C)C)cc1. The lowest BCUT2D eigenvalue weighted by Gasteiger charge is -2.22. The van der Waals surface area contributed by atoms with Crippen molar-refractivity contribution in [2.75, 3.05) is 42.8 Å². The molecule has 0 radical (unpaired) electrons. The number of imidazole rings is 1. The molecule has 0 fully saturated rings. The number of carbonyl (C=O) groups excluding carboxylic acids is 1. The van der Waals surface area contributed by atoms with Crippen LogP contribution in [0.4, 0.5) is 16.6 Å². The molecule has 0 atom stereocenters. The van der Waals surface area contributed by atoms with E-state index in [1.54, 1.807) is 0 Å². The van der Waals surface area contributed by atoms with Crippen LogP contribution in [0.2, 0.25) is 0 Å². The van der Waals surface area contributed by atoms with E-state index in [-0.39, 0.29) is 18.0 Å². The molecule has 2 aromatic heterocycles. The van der Waals surface area contributed by atoms with Crippen LogP contribution in [0.3, 0.4) is 0 Å². The minimum absolute atomic E-state index is 0.0598. The van der Waals surface area contributed by atoms with E-state index in [4.69, 9.17) is 10.1 Å². The van der Waals surface area contributed by atoms with Gasteiger partial charge in [0.15, 0.2) is 5.82 Å². The van der Waals surface area contributed by atoms with Gasteiger partial charge in [0, 0.05) is 44.5 Å². The zero-order valence-corrected chi connectivity index (χ0v) is 22.9. The van der Waals surface area contributed by atoms with Gasteiger partial charge < -0.3 is 20.4 Å². The first kappa shape index (κ1) is 25.5. The predicted octanol–water partition coefficient (Wildman–Crippen LogP) is 4.80. The van der Waals surface area contributed by atoms with Crippen molar-refractivity contribution in [3.63, 3.8) is 0 Å². The number of rotatable bonds is 8. The van der Waals surface area contributed by atoms with Gasteiger partial charge in [-0.15, -0.1) is 5.10 Å². The fraction of sp³-hybridized carbons (Fsp3) is 0.370. The van der Waals surface area contributed by atoms with Gasteiger partial charge in [0.2, 0.25) is 16.0 Å². The Hall–Kier alpha value is -3.59. The Labute approximate surface area is 217 Å². The van der Waals surface area contributed by atoms with Gasteiger partial charge in [-0.05, 0) is 45.4 Å². The molecular weight excluding hydrogens is 470 g/mol. The third kappa shape index (κ3) is 5.96. The molecule has 4 rings (SSSR count). The molecule has 1 amide bonds. The number of nitrogens with one attached hydrogen (secondary N) is 2. The second-order valence-electron chi connectivity index (χ2n) is 10.3. The van der Waals surface area contributed by atoms with Gasteiger partial charge in [0.1, 0.15) is 5.69 Å². The van der Waals surface area contributed by atoms with Crippen LogP contribution in [0, 0.1) is 6.92 Å². The number of fused-ring (bicyclic) bond motifs is 1. The monoisotopic (exact) mass is 505 g/mol. The summed E-state index contributed by atoms with van der Waals surface area (Å²) in [6, 6.07) is 16.5. The van der Waals surface area contributed by atoms with Crippen LogP contribution < -0.4 is 20.4 Å². The van der Waals surface area contributed by atoms with E-state index in [1.807, 2.05) is 59.7 Å². The largest absolute Gasteiger partial charge is 0.378 e. The van der Waals surface area contributed by atoms with Crippen molar-refractivity contribution in [1.29, 1.82) is 0 Å². The summed E-state index contributed by atoms with van der Waals surface area (Å²) in [5.41, 5.74) is 5.13. The normalized spacial score (nSPS) is 11.5. The van der Waals surface area contributed by atoms with Crippen molar-refractivity contribution in [3.05, 3.63) is 59.7 Å². The minimum Gasteiger partial charge on any atom is -0.378 e. The number of hydrogen-bond acceptors (Lipinski definition) is 7. The van der Waals surface area contributed by atoms with Gasteiger partial charge >= 0.3 is 0 Å². The Kier molecular flexibility index (Phi) is 7.21. The van der Waals surface area contributed by atoms with Crippen molar-refractivity contribution >= 4 is 38.8 Å². The molecule has 0 aliphatic heterocycles. The molecule has 0 aliphatic rings. The molecule has 8 nitrogen and oxygen atoms in total. The number of likely N-dealkylation sites (N-methyl/N-ethyl adjacent to an activating group) is 1. The van der Waals surface area contributed by atoms with Gasteiger partial charge in [0.05, 0.1) is 6.54 Å². The molecule has 2 N–H and O–H groups in total. The molecule has 2 aromatic carbocycles. The maximum Gasteiger partial charge on any atom is 0.239 e. The van der Waals surface area contributed by atoms with Crippen molar-refractivity contribution in [2.24, 2.45) is 0 Å². The second kappa shape index (κ2) is 10.2. The number of anilines is 3. The fourth-order valence-corrected chi connectivity index (χ4v) is 4.59. The van der Waals surface area contributed by atoms with Gasteiger partial charge in [-0.3, -0.25) is 4.79 Å². The van der Waals surface area contributed by atoms with Crippen LogP contribution in [0.15, 0.2) is 48.5 Å². The number of aromatic nitrogens is 3. The predicted molar refractivity (Wildman–Crippen MR) is 150 cm³/mol. The van der Waals surface area contributed by atoms with Gasteiger partial charge in [-0.1, -0.05) is 53.3 Å². The zero-order valence-electron chi connectivity index (χ0n) is 22.1. The van der Waals surface area contributed by atoms with E-state index in [0.717, 1.165) is 38.4 Å². The average molecular weight is 506 g/mol. The van der Waals surface area contributed by atoms with E-state index in [1.165, 1.54) is 16.9 Å². The molecule has 36 heavy (non-hydrogen) atoms. The Bertz CT molecular complexity index is 1330. The van der Waals surface area contributed by atoms with Crippen LogP contribution >= 0.6 is 11.3 Å². The highest BCUT2D eigenvalue weighted by Gasteiger charge is 2.23. The van der Waals surface area contributed by atoms with E-state index < -0.39 is 0 Å². The topological polar surface area (TPSA) is 77.8 Å². The minimum atomic E-state index is -0.171. The highest BCUT2D eigenvalue weighted by Crippen LogP contribution is 2.34. The number of nitrogens with zero attached hydrogens (tertiary/aromatic N) is 5. The van der Waals surface area contributed by atoms with Crippen LogP contribution in [0.5, 0.6) is 0 Å². The molecule has 9 heteroatoms. The quantitative estimate of drug-likeness (QED) is 0.358. The highest BCUT2D eigenvalue weighted by atomic mass is 32.1. The zero-order chi connectivity index (χ0) is 26.0. The summed E-state index contributed by atoms with van der Waals surface area (Å²) in [7, 11) is 5.89. The summed E-state index contributed by atoms with van der Waals surface area (Å²) < 4.78 is 1.85. The summed E-state index contributed by atoms with van der Waals surface area (Å²) >= 11 is 1.47. The first-order chi connectivity index (χ1) is 17.0. The van der Waals surface area contributed by atoms with Crippen LogP contribution in [-0.4, -0.2) is 53.7 Å². The molecule has 0 bridgehead atoms. The van der Waals surface area contributed by atoms with Crippen LogP contribution in [0.25, 0.3) is 16.2 Å². The Balaban J connectivity index is 1.49. The third-order valence-electron chi connectivity index (χ3n) is 5.66. The average Bonchev–Trinajstić information content (AvgIpc) is 3.37. The number of benzene rings is 2. The third-order valence-corrected chi connectivity index (χ3v) is 6.68. The Morgan fingerprint density at radius 1 is 1.03 bits per heavy atom. The van der Waals surface area contributed by atoms with Crippen molar-refractivity contribution in [1.82, 2.24) is 19.9 Å². The summed E-state index contributed by atoms with van der Waals surface area (Å²) in [5, 5.41) is 12.1. The Morgan fingerprint density at radius 3 is 2.31 bits per heavy atom. The van der Waals surface area contributed by atoms with E-state index in [2.05, 4.69) is 62.6 Å². The van der Waals surface area contributed by atoms with Crippen LogP contribution in [-0.2, 0) is 11.3 Å². The molecular formula is C27H35N7OS. The lowest BCUT2D eigenvalue weighted by molar-refractivity contribution is -0.119. The summed E-state index contributed by atoms with van der Waals surface area (Å²) in [5.74, 6) is 0.790. The number of hydrogen-bond donors (Lipinski definition) is 2. The first-order valence-electron chi connectivity index (χ1n) is 12.0. The first-order valence-corrected chi connectivity index (χ1v) is 12.8. The van der Waals surface area contributed by atoms with E-state index >= 15 is 0 Å². The molecule has 0 saturated carbocycles. The van der Waals surface area contributed by atoms with Crippen LogP contribution in [0.1, 0.15) is 31.9 Å². The summed E-state index contributed by atoms with van der Waals surface area (Å²) in [4.78, 5) is 22.2. The molecule has 190 valence electrons. The smallest absolute Gasteiger partial charge is 0.239 e. The van der Waals surface area contributed by atoms with Crippen molar-refractivity contribution in [2.45, 2.75) is 39.8 Å². The standard InChI is InChI=1S/C27H35N7OS/c1-18-8-12-20(13-9-18)23-24(30-27(2,3)4)34-25(29-23)36-26(31-34)33(7)17-22(35)28-16-19-10-14-21(15-11-19)32(5)6/h8-15,30H,16-17H2,1-7H3,(H,28,35). The van der Waals surface area contributed by atoms with Gasteiger partial charge in [-0.2, -0.15) is 4.52 Å². The number of amides is 1. The molecule has 0 spiro atoms. The molecule has 2 heterocycles. The second-order valence-corrected chi connectivity index (χ2v) is 11.3. The maximum absolute atomic E-state index is 12.6. The molecule has 0 aliphatic carbocycles.